The molecule has 0 bridgehead atoms. The summed E-state index contributed by atoms with van der Waals surface area (Å²) >= 11 is 0. The normalized spacial score (nSPS) is 16.8. The van der Waals surface area contributed by atoms with Gasteiger partial charge >= 0.3 is 0 Å². The quantitative estimate of drug-likeness (QED) is 0.764. The van der Waals surface area contributed by atoms with Gasteiger partial charge in [-0.3, -0.25) is 4.79 Å². The maximum Gasteiger partial charge on any atom is 0.235 e. The molecule has 2 aliphatic rings. The van der Waals surface area contributed by atoms with E-state index in [2.05, 4.69) is 17.2 Å². The van der Waals surface area contributed by atoms with Crippen molar-refractivity contribution in [2.24, 2.45) is 0 Å². The third-order valence-electron chi connectivity index (χ3n) is 5.26. The SMILES string of the molecule is Cc1c[nH]c2cc(NC(=O)C3(c4ccc5c(c4)OCO5)CC3)ccc12. The van der Waals surface area contributed by atoms with E-state index in [1.54, 1.807) is 0 Å². The second-order valence-electron chi connectivity index (χ2n) is 6.84. The van der Waals surface area contributed by atoms with Crippen LogP contribution in [0.1, 0.15) is 24.0 Å². The number of rotatable bonds is 3. The van der Waals surface area contributed by atoms with Crippen LogP contribution < -0.4 is 14.8 Å². The minimum absolute atomic E-state index is 0.0361. The van der Waals surface area contributed by atoms with E-state index in [1.807, 2.05) is 42.6 Å². The van der Waals surface area contributed by atoms with Gasteiger partial charge in [-0.1, -0.05) is 12.1 Å². The lowest BCUT2D eigenvalue weighted by Gasteiger charge is -2.16. The maximum atomic E-state index is 12.9. The van der Waals surface area contributed by atoms with Crippen molar-refractivity contribution in [1.82, 2.24) is 4.98 Å². The van der Waals surface area contributed by atoms with E-state index < -0.39 is 5.41 Å². The predicted molar refractivity (Wildman–Crippen MR) is 95.1 cm³/mol. The van der Waals surface area contributed by atoms with Crippen LogP contribution in [0.5, 0.6) is 11.5 Å². The highest BCUT2D eigenvalue weighted by atomic mass is 16.7. The number of carbonyl (C=O) groups excluding carboxylic acids is 1. The molecule has 0 saturated heterocycles. The molecule has 2 aromatic carbocycles. The summed E-state index contributed by atoms with van der Waals surface area (Å²) in [5.74, 6) is 1.50. The van der Waals surface area contributed by atoms with Crippen molar-refractivity contribution in [1.29, 1.82) is 0 Å². The van der Waals surface area contributed by atoms with E-state index >= 15 is 0 Å². The fraction of sp³-hybridized carbons (Fsp3) is 0.250. The lowest BCUT2D eigenvalue weighted by Crippen LogP contribution is -2.27. The van der Waals surface area contributed by atoms with Crippen molar-refractivity contribution >= 4 is 22.5 Å². The minimum atomic E-state index is -0.457. The number of hydrogen-bond donors (Lipinski definition) is 2. The Morgan fingerprint density at radius 2 is 1.96 bits per heavy atom. The number of H-pyrrole nitrogens is 1. The van der Waals surface area contributed by atoms with Crippen LogP contribution in [0.3, 0.4) is 0 Å². The summed E-state index contributed by atoms with van der Waals surface area (Å²) in [7, 11) is 0. The van der Waals surface area contributed by atoms with Crippen molar-refractivity contribution < 1.29 is 14.3 Å². The van der Waals surface area contributed by atoms with Gasteiger partial charge in [-0.15, -0.1) is 0 Å². The smallest absolute Gasteiger partial charge is 0.235 e. The number of benzene rings is 2. The van der Waals surface area contributed by atoms with E-state index in [0.29, 0.717) is 0 Å². The highest BCUT2D eigenvalue weighted by molar-refractivity contribution is 6.02. The van der Waals surface area contributed by atoms with Crippen LogP contribution >= 0.6 is 0 Å². The average molecular weight is 334 g/mol. The molecule has 1 aliphatic carbocycles. The monoisotopic (exact) mass is 334 g/mol. The summed E-state index contributed by atoms with van der Waals surface area (Å²) in [6, 6.07) is 11.8. The van der Waals surface area contributed by atoms with Gasteiger partial charge in [0, 0.05) is 22.8 Å². The molecule has 3 aromatic rings. The molecule has 1 amide bonds. The lowest BCUT2D eigenvalue weighted by molar-refractivity contribution is -0.118. The number of fused-ring (bicyclic) bond motifs is 2. The predicted octanol–water partition coefficient (Wildman–Crippen LogP) is 3.88. The van der Waals surface area contributed by atoms with E-state index in [1.165, 1.54) is 10.9 Å². The Balaban J connectivity index is 1.43. The van der Waals surface area contributed by atoms with Gasteiger partial charge < -0.3 is 19.8 Å². The first-order chi connectivity index (χ1) is 12.2. The van der Waals surface area contributed by atoms with Crippen molar-refractivity contribution in [3.05, 3.63) is 53.7 Å². The first-order valence-electron chi connectivity index (χ1n) is 8.45. The summed E-state index contributed by atoms with van der Waals surface area (Å²) in [6.07, 6.45) is 3.68. The molecule has 1 aromatic heterocycles. The van der Waals surface area contributed by atoms with Crippen LogP contribution in [-0.4, -0.2) is 17.7 Å². The number of amides is 1. The van der Waals surface area contributed by atoms with Crippen molar-refractivity contribution in [2.75, 3.05) is 12.1 Å². The maximum absolute atomic E-state index is 12.9. The van der Waals surface area contributed by atoms with Crippen LogP contribution in [0.15, 0.2) is 42.6 Å². The van der Waals surface area contributed by atoms with Crippen molar-refractivity contribution in [3.8, 4) is 11.5 Å². The Labute approximate surface area is 144 Å². The van der Waals surface area contributed by atoms with Gasteiger partial charge in [0.05, 0.1) is 5.41 Å². The molecular formula is C20H18N2O3. The molecule has 5 rings (SSSR count). The van der Waals surface area contributed by atoms with Crippen LogP contribution in [0, 0.1) is 6.92 Å². The first kappa shape index (κ1) is 14.4. The standard InChI is InChI=1S/C20H18N2O3/c1-12-10-21-16-9-14(3-4-15(12)16)22-19(23)20(6-7-20)13-2-5-17-18(8-13)25-11-24-17/h2-5,8-10,21H,6-7,11H2,1H3,(H,22,23). The molecule has 0 spiro atoms. The molecule has 1 saturated carbocycles. The molecule has 5 heteroatoms. The van der Waals surface area contributed by atoms with E-state index in [4.69, 9.17) is 9.47 Å². The minimum Gasteiger partial charge on any atom is -0.454 e. The molecular weight excluding hydrogens is 316 g/mol. The summed E-state index contributed by atoms with van der Waals surface area (Å²) in [4.78, 5) is 16.2. The largest absolute Gasteiger partial charge is 0.454 e. The number of carbonyl (C=O) groups is 1. The third-order valence-corrected chi connectivity index (χ3v) is 5.26. The summed E-state index contributed by atoms with van der Waals surface area (Å²) in [5, 5.41) is 4.26. The van der Waals surface area contributed by atoms with Crippen LogP contribution in [0.25, 0.3) is 10.9 Å². The van der Waals surface area contributed by atoms with Gasteiger partial charge in [0.2, 0.25) is 12.7 Å². The molecule has 5 nitrogen and oxygen atoms in total. The van der Waals surface area contributed by atoms with Gasteiger partial charge in [-0.25, -0.2) is 0 Å². The molecule has 1 aliphatic heterocycles. The second-order valence-corrected chi connectivity index (χ2v) is 6.84. The molecule has 0 atom stereocenters. The molecule has 2 N–H and O–H groups in total. The van der Waals surface area contributed by atoms with Gasteiger partial charge in [-0.05, 0) is 55.2 Å². The fourth-order valence-corrected chi connectivity index (χ4v) is 3.57. The third kappa shape index (κ3) is 2.19. The van der Waals surface area contributed by atoms with Crippen LogP contribution in [-0.2, 0) is 10.2 Å². The number of ether oxygens (including phenoxy) is 2. The highest BCUT2D eigenvalue weighted by Gasteiger charge is 2.51. The van der Waals surface area contributed by atoms with Crippen molar-refractivity contribution in [2.45, 2.75) is 25.2 Å². The Morgan fingerprint density at radius 1 is 1.12 bits per heavy atom. The zero-order valence-corrected chi connectivity index (χ0v) is 13.9. The van der Waals surface area contributed by atoms with Gasteiger partial charge in [0.25, 0.3) is 0 Å². The first-order valence-corrected chi connectivity index (χ1v) is 8.45. The number of nitrogens with one attached hydrogen (secondary N) is 2. The molecule has 0 radical (unpaired) electrons. The Morgan fingerprint density at radius 3 is 2.80 bits per heavy atom. The lowest BCUT2D eigenvalue weighted by atomic mass is 9.94. The summed E-state index contributed by atoms with van der Waals surface area (Å²) in [5.41, 5.74) is 3.58. The number of aromatic nitrogens is 1. The van der Waals surface area contributed by atoms with E-state index in [-0.39, 0.29) is 12.7 Å². The Hall–Kier alpha value is -2.95. The molecule has 126 valence electrons. The molecule has 0 unspecified atom stereocenters. The Kier molecular flexibility index (Phi) is 2.89. The average Bonchev–Trinajstić information content (AvgIpc) is 3.17. The van der Waals surface area contributed by atoms with Crippen LogP contribution in [0.2, 0.25) is 0 Å². The van der Waals surface area contributed by atoms with Gasteiger partial charge in [0.1, 0.15) is 0 Å². The van der Waals surface area contributed by atoms with Gasteiger partial charge in [-0.2, -0.15) is 0 Å². The second kappa shape index (κ2) is 5.02. The Bertz CT molecular complexity index is 1000. The van der Waals surface area contributed by atoms with Crippen molar-refractivity contribution in [3.63, 3.8) is 0 Å². The van der Waals surface area contributed by atoms with Gasteiger partial charge in [0.15, 0.2) is 11.5 Å². The van der Waals surface area contributed by atoms with Crippen LogP contribution in [0.4, 0.5) is 5.69 Å². The zero-order chi connectivity index (χ0) is 17.0. The fourth-order valence-electron chi connectivity index (χ4n) is 3.57. The molecule has 1 fully saturated rings. The molecule has 2 heterocycles. The summed E-state index contributed by atoms with van der Waals surface area (Å²) in [6.45, 7) is 2.31. The number of aromatic amines is 1. The summed E-state index contributed by atoms with van der Waals surface area (Å²) < 4.78 is 10.8. The number of anilines is 1. The van der Waals surface area contributed by atoms with E-state index in [0.717, 1.165) is 41.1 Å². The number of hydrogen-bond acceptors (Lipinski definition) is 3. The molecule has 25 heavy (non-hydrogen) atoms. The van der Waals surface area contributed by atoms with E-state index in [9.17, 15) is 4.79 Å². The highest BCUT2D eigenvalue weighted by Crippen LogP contribution is 2.51. The zero-order valence-electron chi connectivity index (χ0n) is 13.9. The topological polar surface area (TPSA) is 63.4 Å². The number of aryl methyl sites for hydroxylation is 1.